The molecule has 0 aromatic heterocycles. The molecule has 1 fully saturated rings. The summed E-state index contributed by atoms with van der Waals surface area (Å²) in [7, 11) is 3.72. The van der Waals surface area contributed by atoms with Crippen molar-refractivity contribution in [3.05, 3.63) is 65.5 Å². The number of methoxy groups -OCH3 is 1. The zero-order valence-corrected chi connectivity index (χ0v) is 16.0. The zero-order chi connectivity index (χ0) is 19.2. The number of piperidine rings is 1. The highest BCUT2D eigenvalue weighted by molar-refractivity contribution is 5.79. The molecule has 144 valence electrons. The summed E-state index contributed by atoms with van der Waals surface area (Å²) in [5.74, 6) is 0.585. The number of likely N-dealkylation sites (tertiary alicyclic amines) is 1. The summed E-state index contributed by atoms with van der Waals surface area (Å²) in [5.41, 5.74) is 1.90. The van der Waals surface area contributed by atoms with E-state index >= 15 is 0 Å². The average Bonchev–Trinajstić information content (AvgIpc) is 2.69. The summed E-state index contributed by atoms with van der Waals surface area (Å²) in [4.78, 5) is 17.4. The Morgan fingerprint density at radius 1 is 1.11 bits per heavy atom. The molecule has 3 rings (SSSR count). The number of benzene rings is 2. The minimum absolute atomic E-state index is 0.0659. The molecule has 2 aromatic carbocycles. The van der Waals surface area contributed by atoms with E-state index in [1.165, 1.54) is 12.1 Å². The smallest absolute Gasteiger partial charge is 0.228 e. The van der Waals surface area contributed by atoms with Crippen molar-refractivity contribution in [2.75, 3.05) is 20.7 Å². The van der Waals surface area contributed by atoms with E-state index in [0.717, 1.165) is 42.7 Å². The quantitative estimate of drug-likeness (QED) is 0.774. The molecule has 5 heteroatoms. The summed E-state index contributed by atoms with van der Waals surface area (Å²) >= 11 is 0. The van der Waals surface area contributed by atoms with Crippen LogP contribution >= 0.6 is 0 Å². The van der Waals surface area contributed by atoms with E-state index in [-0.39, 0.29) is 24.3 Å². The van der Waals surface area contributed by atoms with Gasteiger partial charge in [-0.2, -0.15) is 0 Å². The van der Waals surface area contributed by atoms with Crippen LogP contribution in [0.5, 0.6) is 5.75 Å². The van der Waals surface area contributed by atoms with Crippen LogP contribution < -0.4 is 4.74 Å². The van der Waals surface area contributed by atoms with Gasteiger partial charge in [0, 0.05) is 6.54 Å². The average molecular weight is 370 g/mol. The molecule has 0 N–H and O–H groups in total. The number of nitrogens with zero attached hydrogens (tertiary/aromatic N) is 2. The van der Waals surface area contributed by atoms with Crippen LogP contribution in [0.4, 0.5) is 4.39 Å². The van der Waals surface area contributed by atoms with Crippen LogP contribution in [-0.4, -0.2) is 42.6 Å². The Labute approximate surface area is 160 Å². The normalized spacial score (nSPS) is 17.5. The number of ether oxygens (including phenoxy) is 1. The van der Waals surface area contributed by atoms with Crippen molar-refractivity contribution in [2.24, 2.45) is 0 Å². The van der Waals surface area contributed by atoms with Gasteiger partial charge >= 0.3 is 0 Å². The highest BCUT2D eigenvalue weighted by Gasteiger charge is 2.29. The fourth-order valence-corrected chi connectivity index (χ4v) is 3.62. The van der Waals surface area contributed by atoms with Gasteiger partial charge in [-0.1, -0.05) is 24.3 Å². The SMILES string of the molecule is COc1ccc(CN(C(=O)Cc2ccc(F)cc2)C2CCCCN2C)cc1. The van der Waals surface area contributed by atoms with Crippen LogP contribution in [0.25, 0.3) is 0 Å². The second kappa shape index (κ2) is 9.00. The summed E-state index contributed by atoms with van der Waals surface area (Å²) in [5, 5.41) is 0. The van der Waals surface area contributed by atoms with Gasteiger partial charge in [-0.25, -0.2) is 4.39 Å². The van der Waals surface area contributed by atoms with E-state index in [0.29, 0.717) is 6.54 Å². The first kappa shape index (κ1) is 19.4. The van der Waals surface area contributed by atoms with Crippen LogP contribution in [0.3, 0.4) is 0 Å². The maximum Gasteiger partial charge on any atom is 0.228 e. The molecule has 0 bridgehead atoms. The second-order valence-electron chi connectivity index (χ2n) is 7.13. The Kier molecular flexibility index (Phi) is 6.45. The predicted molar refractivity (Wildman–Crippen MR) is 104 cm³/mol. The fourth-order valence-electron chi connectivity index (χ4n) is 3.62. The minimum atomic E-state index is -0.284. The Balaban J connectivity index is 1.79. The van der Waals surface area contributed by atoms with Gasteiger partial charge in [0.2, 0.25) is 5.91 Å². The largest absolute Gasteiger partial charge is 0.497 e. The molecule has 1 aliphatic heterocycles. The third kappa shape index (κ3) is 5.07. The van der Waals surface area contributed by atoms with Gasteiger partial charge in [0.25, 0.3) is 0 Å². The number of amides is 1. The first-order valence-corrected chi connectivity index (χ1v) is 9.44. The molecule has 1 atom stereocenters. The van der Waals surface area contributed by atoms with Crippen LogP contribution in [-0.2, 0) is 17.8 Å². The number of hydrogen-bond donors (Lipinski definition) is 0. The fraction of sp³-hybridized carbons (Fsp3) is 0.409. The molecular formula is C22H27FN2O2. The van der Waals surface area contributed by atoms with Gasteiger partial charge in [0.05, 0.1) is 19.7 Å². The standard InChI is InChI=1S/C22H27FN2O2/c1-24-14-4-3-5-21(24)25(16-18-8-12-20(27-2)13-9-18)22(26)15-17-6-10-19(23)11-7-17/h6-13,21H,3-5,14-16H2,1-2H3. The van der Waals surface area contributed by atoms with Gasteiger partial charge in [-0.05, 0) is 68.2 Å². The van der Waals surface area contributed by atoms with Crippen molar-refractivity contribution >= 4 is 5.91 Å². The van der Waals surface area contributed by atoms with Crippen molar-refractivity contribution in [3.63, 3.8) is 0 Å². The monoisotopic (exact) mass is 370 g/mol. The highest BCUT2D eigenvalue weighted by Crippen LogP contribution is 2.23. The zero-order valence-electron chi connectivity index (χ0n) is 16.0. The highest BCUT2D eigenvalue weighted by atomic mass is 19.1. The lowest BCUT2D eigenvalue weighted by molar-refractivity contribution is -0.138. The maximum absolute atomic E-state index is 13.2. The number of carbonyl (C=O) groups excluding carboxylic acids is 1. The summed E-state index contributed by atoms with van der Waals surface area (Å²) in [6.45, 7) is 1.55. The van der Waals surface area contributed by atoms with Crippen molar-refractivity contribution in [2.45, 2.75) is 38.4 Å². The lowest BCUT2D eigenvalue weighted by Gasteiger charge is -2.41. The van der Waals surface area contributed by atoms with E-state index in [4.69, 9.17) is 4.74 Å². The maximum atomic E-state index is 13.2. The number of rotatable bonds is 6. The van der Waals surface area contributed by atoms with Gasteiger partial charge in [-0.3, -0.25) is 9.69 Å². The molecule has 1 saturated heterocycles. The Morgan fingerprint density at radius 3 is 2.41 bits per heavy atom. The molecule has 1 amide bonds. The molecule has 1 heterocycles. The van der Waals surface area contributed by atoms with Gasteiger partial charge < -0.3 is 9.64 Å². The molecule has 1 aliphatic rings. The molecule has 4 nitrogen and oxygen atoms in total. The van der Waals surface area contributed by atoms with Crippen molar-refractivity contribution in [3.8, 4) is 5.75 Å². The topological polar surface area (TPSA) is 32.8 Å². The molecular weight excluding hydrogens is 343 g/mol. The van der Waals surface area contributed by atoms with E-state index in [2.05, 4.69) is 11.9 Å². The van der Waals surface area contributed by atoms with Gasteiger partial charge in [0.1, 0.15) is 11.6 Å². The lowest BCUT2D eigenvalue weighted by atomic mass is 10.0. The van der Waals surface area contributed by atoms with Crippen LogP contribution in [0.15, 0.2) is 48.5 Å². The van der Waals surface area contributed by atoms with E-state index in [9.17, 15) is 9.18 Å². The van der Waals surface area contributed by atoms with Crippen LogP contribution in [0, 0.1) is 5.82 Å². The van der Waals surface area contributed by atoms with Crippen molar-refractivity contribution in [1.82, 2.24) is 9.80 Å². The number of carbonyl (C=O) groups is 1. The molecule has 0 spiro atoms. The van der Waals surface area contributed by atoms with E-state index < -0.39 is 0 Å². The second-order valence-corrected chi connectivity index (χ2v) is 7.13. The summed E-state index contributed by atoms with van der Waals surface area (Å²) in [6, 6.07) is 14.0. The predicted octanol–water partition coefficient (Wildman–Crippen LogP) is 3.85. The number of hydrogen-bond acceptors (Lipinski definition) is 3. The Morgan fingerprint density at radius 2 is 1.78 bits per heavy atom. The number of halogens is 1. The molecule has 1 unspecified atom stereocenters. The van der Waals surface area contributed by atoms with Crippen LogP contribution in [0.1, 0.15) is 30.4 Å². The third-order valence-electron chi connectivity index (χ3n) is 5.19. The van der Waals surface area contributed by atoms with Gasteiger partial charge in [-0.15, -0.1) is 0 Å². The van der Waals surface area contributed by atoms with E-state index in [1.54, 1.807) is 19.2 Å². The summed E-state index contributed by atoms with van der Waals surface area (Å²) in [6.07, 6.45) is 3.63. The Bertz CT molecular complexity index is 746. The third-order valence-corrected chi connectivity index (χ3v) is 5.19. The van der Waals surface area contributed by atoms with E-state index in [1.807, 2.05) is 29.2 Å². The van der Waals surface area contributed by atoms with Gasteiger partial charge in [0.15, 0.2) is 0 Å². The minimum Gasteiger partial charge on any atom is -0.497 e. The first-order valence-electron chi connectivity index (χ1n) is 9.44. The Hall–Kier alpha value is -2.40. The molecule has 0 radical (unpaired) electrons. The summed E-state index contributed by atoms with van der Waals surface area (Å²) < 4.78 is 18.4. The van der Waals surface area contributed by atoms with Crippen LogP contribution in [0.2, 0.25) is 0 Å². The molecule has 27 heavy (non-hydrogen) atoms. The molecule has 0 aliphatic carbocycles. The molecule has 2 aromatic rings. The molecule has 0 saturated carbocycles. The lowest BCUT2D eigenvalue weighted by Crippen LogP contribution is -2.51. The first-order chi connectivity index (χ1) is 13.1. The van der Waals surface area contributed by atoms with Crippen molar-refractivity contribution in [1.29, 1.82) is 0 Å². The van der Waals surface area contributed by atoms with Crippen molar-refractivity contribution < 1.29 is 13.9 Å².